The summed E-state index contributed by atoms with van der Waals surface area (Å²) >= 11 is 0. The minimum Gasteiger partial charge on any atom is -0.387 e. The first-order valence-corrected chi connectivity index (χ1v) is 12.4. The third-order valence-corrected chi connectivity index (χ3v) is 6.89. The molecule has 1 aliphatic carbocycles. The van der Waals surface area contributed by atoms with Crippen molar-refractivity contribution >= 4 is 11.7 Å². The Balaban J connectivity index is 1.12. The Morgan fingerprint density at radius 1 is 1.09 bits per heavy atom. The monoisotopic (exact) mass is 471 g/mol. The van der Waals surface area contributed by atoms with E-state index in [2.05, 4.69) is 20.6 Å². The van der Waals surface area contributed by atoms with E-state index < -0.39 is 6.10 Å². The fourth-order valence-electron chi connectivity index (χ4n) is 4.72. The number of hydrogen-bond donors (Lipinski definition) is 3. The second kappa shape index (κ2) is 10.5. The van der Waals surface area contributed by atoms with Crippen molar-refractivity contribution in [3.8, 4) is 0 Å². The summed E-state index contributed by atoms with van der Waals surface area (Å²) in [5, 5.41) is 17.9. The van der Waals surface area contributed by atoms with Crippen LogP contribution in [0.4, 0.5) is 5.82 Å². The van der Waals surface area contributed by atoms with Crippen LogP contribution in [0.5, 0.6) is 0 Å². The molecule has 1 saturated carbocycles. The van der Waals surface area contributed by atoms with Crippen molar-refractivity contribution in [2.75, 3.05) is 12.4 Å². The summed E-state index contributed by atoms with van der Waals surface area (Å²) in [7, 11) is 1.81. The molecule has 0 bridgehead atoms. The van der Waals surface area contributed by atoms with E-state index in [1.54, 1.807) is 23.5 Å². The van der Waals surface area contributed by atoms with E-state index in [0.717, 1.165) is 36.2 Å². The van der Waals surface area contributed by atoms with Gasteiger partial charge in [-0.1, -0.05) is 24.3 Å². The van der Waals surface area contributed by atoms with Crippen LogP contribution in [0.3, 0.4) is 0 Å². The molecule has 2 fully saturated rings. The van der Waals surface area contributed by atoms with E-state index >= 15 is 0 Å². The molecule has 3 aromatic rings. The number of aliphatic hydroxyl groups is 1. The zero-order valence-electron chi connectivity index (χ0n) is 20.1. The van der Waals surface area contributed by atoms with E-state index in [1.807, 2.05) is 55.6 Å². The number of hydrogen-bond acceptors (Lipinski definition) is 6. The summed E-state index contributed by atoms with van der Waals surface area (Å²) in [5.41, 5.74) is 3.72. The van der Waals surface area contributed by atoms with Crippen molar-refractivity contribution in [3.05, 3.63) is 89.4 Å². The molecule has 0 radical (unpaired) electrons. The van der Waals surface area contributed by atoms with Crippen LogP contribution < -0.4 is 10.6 Å². The van der Waals surface area contributed by atoms with Gasteiger partial charge in [0.2, 0.25) is 0 Å². The Kier molecular flexibility index (Phi) is 7.06. The first kappa shape index (κ1) is 23.5. The summed E-state index contributed by atoms with van der Waals surface area (Å²) in [6.07, 6.45) is 9.94. The second-order valence-electron chi connectivity index (χ2n) is 9.81. The van der Waals surface area contributed by atoms with Gasteiger partial charge < -0.3 is 20.6 Å². The molecule has 7 heteroatoms. The lowest BCUT2D eigenvalue weighted by molar-refractivity contribution is 0.0785. The molecule has 0 spiro atoms. The smallest absolute Gasteiger partial charge is 0.253 e. The highest BCUT2D eigenvalue weighted by Gasteiger charge is 2.30. The topological polar surface area (TPSA) is 90.4 Å². The fraction of sp³-hybridized carbons (Fsp3) is 0.393. The third-order valence-electron chi connectivity index (χ3n) is 6.89. The number of benzene rings is 1. The average Bonchev–Trinajstić information content (AvgIpc) is 3.59. The standard InChI is InChI=1S/C28H33N5O2/c1-33(18-20-3-2-14-29-16-20)28(35)21-6-4-19(5-7-21)15-24-11-12-25(31-24)27(34)22-8-13-26(30-17-22)32-23-9-10-23/h2-8,13-14,16-17,23-25,27,31,34H,9-12,15,18H2,1H3,(H,30,32)/t24-,25+,27?/m0/s1. The van der Waals surface area contributed by atoms with Gasteiger partial charge >= 0.3 is 0 Å². The number of anilines is 1. The van der Waals surface area contributed by atoms with Crippen LogP contribution in [0, 0.1) is 0 Å². The normalized spacial score (nSPS) is 20.4. The number of pyridine rings is 2. The summed E-state index contributed by atoms with van der Waals surface area (Å²) in [6, 6.07) is 16.5. The maximum absolute atomic E-state index is 12.8. The highest BCUT2D eigenvalue weighted by Crippen LogP contribution is 2.28. The first-order valence-electron chi connectivity index (χ1n) is 12.4. The number of nitrogens with zero attached hydrogens (tertiary/aromatic N) is 3. The molecule has 1 unspecified atom stereocenters. The zero-order valence-corrected chi connectivity index (χ0v) is 20.1. The van der Waals surface area contributed by atoms with Gasteiger partial charge in [0.1, 0.15) is 5.82 Å². The Morgan fingerprint density at radius 2 is 1.91 bits per heavy atom. The van der Waals surface area contributed by atoms with Crippen molar-refractivity contribution in [1.82, 2.24) is 20.2 Å². The minimum absolute atomic E-state index is 0.00506. The number of amides is 1. The molecule has 1 saturated heterocycles. The number of aliphatic hydroxyl groups excluding tert-OH is 1. The lowest BCUT2D eigenvalue weighted by atomic mass is 10.0. The first-order chi connectivity index (χ1) is 17.0. The summed E-state index contributed by atoms with van der Waals surface area (Å²) in [6.45, 7) is 0.527. The highest BCUT2D eigenvalue weighted by molar-refractivity contribution is 5.94. The van der Waals surface area contributed by atoms with E-state index in [0.29, 0.717) is 24.2 Å². The average molecular weight is 472 g/mol. The van der Waals surface area contributed by atoms with Crippen LogP contribution in [0.2, 0.25) is 0 Å². The molecular weight excluding hydrogens is 438 g/mol. The maximum Gasteiger partial charge on any atom is 0.253 e. The van der Waals surface area contributed by atoms with Gasteiger partial charge in [-0.05, 0) is 67.5 Å². The summed E-state index contributed by atoms with van der Waals surface area (Å²) in [5.74, 6) is 0.875. The quantitative estimate of drug-likeness (QED) is 0.441. The lowest BCUT2D eigenvalue weighted by Gasteiger charge is -2.21. The Bertz CT molecular complexity index is 1120. The summed E-state index contributed by atoms with van der Waals surface area (Å²) < 4.78 is 0. The minimum atomic E-state index is -0.571. The van der Waals surface area contributed by atoms with Crippen molar-refractivity contribution in [3.63, 3.8) is 0 Å². The Morgan fingerprint density at radius 3 is 2.60 bits per heavy atom. The van der Waals surface area contributed by atoms with Gasteiger partial charge in [0.25, 0.3) is 5.91 Å². The predicted molar refractivity (Wildman–Crippen MR) is 136 cm³/mol. The van der Waals surface area contributed by atoms with Crippen molar-refractivity contribution in [2.24, 2.45) is 0 Å². The van der Waals surface area contributed by atoms with Crippen LogP contribution in [0.1, 0.15) is 58.8 Å². The number of nitrogens with one attached hydrogen (secondary N) is 2. The predicted octanol–water partition coefficient (Wildman–Crippen LogP) is 3.72. The molecule has 2 aromatic heterocycles. The van der Waals surface area contributed by atoms with Gasteiger partial charge in [0.05, 0.1) is 6.10 Å². The largest absolute Gasteiger partial charge is 0.387 e. The highest BCUT2D eigenvalue weighted by atomic mass is 16.3. The summed E-state index contributed by atoms with van der Waals surface area (Å²) in [4.78, 5) is 23.1. The molecule has 2 aliphatic rings. The van der Waals surface area contributed by atoms with Crippen LogP contribution >= 0.6 is 0 Å². The van der Waals surface area contributed by atoms with Crippen LogP contribution in [-0.4, -0.2) is 51.1 Å². The van der Waals surface area contributed by atoms with Gasteiger partial charge in [0.15, 0.2) is 0 Å². The zero-order chi connectivity index (χ0) is 24.2. The molecule has 182 valence electrons. The molecule has 1 amide bonds. The molecule has 3 heterocycles. The number of rotatable bonds is 9. The number of carbonyl (C=O) groups excluding carboxylic acids is 1. The van der Waals surface area contributed by atoms with Crippen molar-refractivity contribution < 1.29 is 9.90 Å². The number of aromatic nitrogens is 2. The molecule has 1 aliphatic heterocycles. The molecule has 7 nitrogen and oxygen atoms in total. The van der Waals surface area contributed by atoms with Crippen LogP contribution in [0.25, 0.3) is 0 Å². The molecular formula is C28H33N5O2. The maximum atomic E-state index is 12.8. The van der Waals surface area contributed by atoms with Crippen molar-refractivity contribution in [1.29, 1.82) is 0 Å². The van der Waals surface area contributed by atoms with Gasteiger partial charge in [-0.2, -0.15) is 0 Å². The molecule has 1 aromatic carbocycles. The van der Waals surface area contributed by atoms with Crippen LogP contribution in [-0.2, 0) is 13.0 Å². The second-order valence-corrected chi connectivity index (χ2v) is 9.81. The van der Waals surface area contributed by atoms with Crippen LogP contribution in [0.15, 0.2) is 67.1 Å². The van der Waals surface area contributed by atoms with E-state index in [1.165, 1.54) is 18.4 Å². The van der Waals surface area contributed by atoms with Gasteiger partial charge in [-0.3, -0.25) is 9.78 Å². The number of carbonyl (C=O) groups is 1. The third kappa shape index (κ3) is 6.05. The Labute approximate surface area is 206 Å². The lowest BCUT2D eigenvalue weighted by Crippen LogP contribution is -2.35. The SMILES string of the molecule is CN(Cc1cccnc1)C(=O)c1ccc(C[C@@H]2CC[C@H](C(O)c3ccc(NC4CC4)nc3)N2)cc1. The molecule has 3 atom stereocenters. The van der Waals surface area contributed by atoms with Crippen molar-refractivity contribution in [2.45, 2.75) is 62.9 Å². The van der Waals surface area contributed by atoms with Gasteiger partial charge in [-0.25, -0.2) is 4.98 Å². The van der Waals surface area contributed by atoms with Gasteiger partial charge in [0, 0.05) is 61.4 Å². The molecule has 35 heavy (non-hydrogen) atoms. The van der Waals surface area contributed by atoms with Gasteiger partial charge in [-0.15, -0.1) is 0 Å². The Hall–Kier alpha value is -3.29. The van der Waals surface area contributed by atoms with E-state index in [9.17, 15) is 9.90 Å². The molecule has 5 rings (SSSR count). The van der Waals surface area contributed by atoms with E-state index in [-0.39, 0.29) is 11.9 Å². The molecule has 3 N–H and O–H groups in total. The fourth-order valence-corrected chi connectivity index (χ4v) is 4.72. The van der Waals surface area contributed by atoms with E-state index in [4.69, 9.17) is 0 Å².